The highest BCUT2D eigenvalue weighted by Crippen LogP contribution is 2.01. The Hall–Kier alpha value is -1.64. The average molecular weight is 317 g/mol. The van der Waals surface area contributed by atoms with E-state index in [0.717, 1.165) is 6.54 Å². The Kier molecular flexibility index (Phi) is 17.2. The Bertz CT molecular complexity index is 437. The second kappa shape index (κ2) is 16.7. The molecule has 2 aromatic carbocycles. The summed E-state index contributed by atoms with van der Waals surface area (Å²) >= 11 is 0. The fourth-order valence-electron chi connectivity index (χ4n) is 1.55. The van der Waals surface area contributed by atoms with Gasteiger partial charge < -0.3 is 10.6 Å². The Morgan fingerprint density at radius 1 is 0.609 bits per heavy atom. The van der Waals surface area contributed by atoms with E-state index in [2.05, 4.69) is 79.9 Å². The maximum atomic E-state index is 3.10. The molecule has 0 bridgehead atoms. The predicted molar refractivity (Wildman–Crippen MR) is 106 cm³/mol. The van der Waals surface area contributed by atoms with Crippen LogP contribution in [0, 0.1) is 20.8 Å². The lowest BCUT2D eigenvalue weighted by Gasteiger charge is -1.98. The van der Waals surface area contributed by atoms with Crippen LogP contribution in [0.5, 0.6) is 0 Å². The summed E-state index contributed by atoms with van der Waals surface area (Å²) in [6.45, 7) is 11.3. The molecule has 0 aliphatic rings. The highest BCUT2D eigenvalue weighted by molar-refractivity contribution is 5.21. The number of nitrogens with one attached hydrogen (secondary N) is 2. The molecule has 0 aliphatic carbocycles. The van der Waals surface area contributed by atoms with Crippen molar-refractivity contribution < 1.29 is 0 Å². The molecule has 0 spiro atoms. The molecule has 0 unspecified atom stereocenters. The highest BCUT2D eigenvalue weighted by Gasteiger charge is 1.87. The van der Waals surface area contributed by atoms with Crippen molar-refractivity contribution in [1.29, 1.82) is 0 Å². The lowest BCUT2D eigenvalue weighted by molar-refractivity contribution is 0.817. The lowest BCUT2D eigenvalue weighted by Crippen LogP contribution is -2.04. The fraction of sp³-hybridized carbons (Fsp3) is 0.429. The molecule has 130 valence electrons. The zero-order valence-electron chi connectivity index (χ0n) is 16.3. The van der Waals surface area contributed by atoms with Crippen molar-refractivity contribution >= 4 is 0 Å². The fourth-order valence-corrected chi connectivity index (χ4v) is 1.55. The van der Waals surface area contributed by atoms with Gasteiger partial charge in [-0.2, -0.15) is 0 Å². The van der Waals surface area contributed by atoms with Crippen molar-refractivity contribution in [3.05, 3.63) is 70.8 Å². The standard InChI is InChI=1S/C9H13N.C8H10.C2H7N.C2H6/c1-8-3-5-9(6-4-8)7-10-2;1-7-3-5-8(2)6-4-7;1-3-2;1-2/h3-6,10H,7H2,1-2H3;3-6H,1-2H3;3H,1-2H3;1-2H3. The van der Waals surface area contributed by atoms with Gasteiger partial charge in [-0.3, -0.25) is 0 Å². The van der Waals surface area contributed by atoms with Crippen LogP contribution in [0.25, 0.3) is 0 Å². The molecule has 0 heterocycles. The van der Waals surface area contributed by atoms with Gasteiger partial charge in [0.05, 0.1) is 0 Å². The van der Waals surface area contributed by atoms with Crippen LogP contribution in [0.15, 0.2) is 48.5 Å². The third-order valence-corrected chi connectivity index (χ3v) is 2.72. The van der Waals surface area contributed by atoms with E-state index in [9.17, 15) is 0 Å². The van der Waals surface area contributed by atoms with Crippen molar-refractivity contribution in [3.8, 4) is 0 Å². The van der Waals surface area contributed by atoms with Gasteiger partial charge in [0.15, 0.2) is 0 Å². The molecule has 0 radical (unpaired) electrons. The van der Waals surface area contributed by atoms with Crippen LogP contribution in [0.4, 0.5) is 0 Å². The van der Waals surface area contributed by atoms with Crippen LogP contribution in [0.3, 0.4) is 0 Å². The van der Waals surface area contributed by atoms with Gasteiger partial charge in [-0.25, -0.2) is 0 Å². The summed E-state index contributed by atoms with van der Waals surface area (Å²) in [6, 6.07) is 17.0. The van der Waals surface area contributed by atoms with E-state index >= 15 is 0 Å². The number of aryl methyl sites for hydroxylation is 3. The van der Waals surface area contributed by atoms with Crippen LogP contribution >= 0.6 is 0 Å². The summed E-state index contributed by atoms with van der Waals surface area (Å²) in [7, 11) is 5.71. The van der Waals surface area contributed by atoms with E-state index in [1.165, 1.54) is 22.3 Å². The Morgan fingerprint density at radius 3 is 1.13 bits per heavy atom. The van der Waals surface area contributed by atoms with Crippen LogP contribution < -0.4 is 10.6 Å². The summed E-state index contributed by atoms with van der Waals surface area (Å²) in [5.41, 5.74) is 5.32. The van der Waals surface area contributed by atoms with Gasteiger partial charge in [0.2, 0.25) is 0 Å². The van der Waals surface area contributed by atoms with Gasteiger partial charge in [0.25, 0.3) is 0 Å². The number of rotatable bonds is 2. The molecular formula is C21H36N2. The lowest BCUT2D eigenvalue weighted by atomic mass is 10.1. The summed E-state index contributed by atoms with van der Waals surface area (Å²) in [5.74, 6) is 0. The molecule has 0 aliphatic heterocycles. The van der Waals surface area contributed by atoms with Gasteiger partial charge in [-0.15, -0.1) is 0 Å². The monoisotopic (exact) mass is 316 g/mol. The molecule has 2 rings (SSSR count). The van der Waals surface area contributed by atoms with Gasteiger partial charge in [0.1, 0.15) is 0 Å². The molecule has 0 atom stereocenters. The van der Waals surface area contributed by atoms with E-state index in [1.54, 1.807) is 0 Å². The van der Waals surface area contributed by atoms with E-state index in [1.807, 2.05) is 35.0 Å². The molecule has 0 saturated carbocycles. The minimum absolute atomic E-state index is 0.959. The molecule has 0 amide bonds. The molecule has 0 fully saturated rings. The van der Waals surface area contributed by atoms with Crippen LogP contribution in [-0.4, -0.2) is 21.1 Å². The largest absolute Gasteiger partial charge is 0.323 e. The van der Waals surface area contributed by atoms with Gasteiger partial charge >= 0.3 is 0 Å². The zero-order valence-corrected chi connectivity index (χ0v) is 16.3. The number of hydrogen-bond donors (Lipinski definition) is 2. The van der Waals surface area contributed by atoms with Gasteiger partial charge in [-0.1, -0.05) is 79.1 Å². The van der Waals surface area contributed by atoms with Crippen molar-refractivity contribution in [3.63, 3.8) is 0 Å². The van der Waals surface area contributed by atoms with E-state index in [-0.39, 0.29) is 0 Å². The molecular weight excluding hydrogens is 280 g/mol. The first-order valence-electron chi connectivity index (χ1n) is 8.35. The smallest absolute Gasteiger partial charge is 0.0202 e. The SMILES string of the molecule is CC.CNC.CNCc1ccc(C)cc1.Cc1ccc(C)cc1. The maximum absolute atomic E-state index is 3.10. The topological polar surface area (TPSA) is 24.1 Å². The Labute approximate surface area is 144 Å². The average Bonchev–Trinajstić information content (AvgIpc) is 2.56. The van der Waals surface area contributed by atoms with Crippen LogP contribution in [0.1, 0.15) is 36.1 Å². The third-order valence-electron chi connectivity index (χ3n) is 2.72. The number of hydrogen-bond acceptors (Lipinski definition) is 2. The van der Waals surface area contributed by atoms with Crippen molar-refractivity contribution in [1.82, 2.24) is 10.6 Å². The van der Waals surface area contributed by atoms with Crippen LogP contribution in [-0.2, 0) is 6.54 Å². The minimum atomic E-state index is 0.959. The molecule has 2 heteroatoms. The van der Waals surface area contributed by atoms with Crippen molar-refractivity contribution in [2.24, 2.45) is 0 Å². The van der Waals surface area contributed by atoms with Gasteiger partial charge in [0, 0.05) is 6.54 Å². The summed E-state index contributed by atoms with van der Waals surface area (Å²) in [4.78, 5) is 0. The van der Waals surface area contributed by atoms with Crippen molar-refractivity contribution in [2.75, 3.05) is 21.1 Å². The Morgan fingerprint density at radius 2 is 0.870 bits per heavy atom. The third kappa shape index (κ3) is 15.0. The van der Waals surface area contributed by atoms with E-state index in [4.69, 9.17) is 0 Å². The summed E-state index contributed by atoms with van der Waals surface area (Å²) in [5, 5.41) is 5.85. The first-order valence-corrected chi connectivity index (χ1v) is 8.35. The molecule has 2 N–H and O–H groups in total. The second-order valence-electron chi connectivity index (χ2n) is 5.17. The maximum Gasteiger partial charge on any atom is 0.0202 e. The van der Waals surface area contributed by atoms with Crippen molar-refractivity contribution in [2.45, 2.75) is 41.2 Å². The Balaban J connectivity index is 0. The zero-order chi connectivity index (χ0) is 18.1. The summed E-state index contributed by atoms with van der Waals surface area (Å²) in [6.07, 6.45) is 0. The summed E-state index contributed by atoms with van der Waals surface area (Å²) < 4.78 is 0. The minimum Gasteiger partial charge on any atom is -0.323 e. The van der Waals surface area contributed by atoms with Gasteiger partial charge in [-0.05, 0) is 47.5 Å². The highest BCUT2D eigenvalue weighted by atomic mass is 14.8. The van der Waals surface area contributed by atoms with Crippen LogP contribution in [0.2, 0.25) is 0 Å². The quantitative estimate of drug-likeness (QED) is 0.825. The normalized spacial score (nSPS) is 8.52. The predicted octanol–water partition coefficient (Wildman–Crippen LogP) is 4.88. The van der Waals surface area contributed by atoms with E-state index in [0.29, 0.717) is 0 Å². The molecule has 0 saturated heterocycles. The second-order valence-corrected chi connectivity index (χ2v) is 5.17. The molecule has 0 aromatic heterocycles. The number of benzene rings is 2. The first kappa shape index (κ1) is 23.6. The molecule has 2 nitrogen and oxygen atoms in total. The van der Waals surface area contributed by atoms with E-state index < -0.39 is 0 Å². The molecule has 2 aromatic rings. The first-order chi connectivity index (χ1) is 11.0. The molecule has 23 heavy (non-hydrogen) atoms.